The van der Waals surface area contributed by atoms with Crippen LogP contribution in [-0.2, 0) is 21.4 Å². The Morgan fingerprint density at radius 2 is 2.00 bits per heavy atom. The minimum atomic E-state index is -3.65. The standard InChI is InChI=1S/C13H22N2O3S2/c1-9(13(2,3)4)7-11(16)15-8-10-5-6-12(19-10)20(14,17)18/h5-6,9H,7-8H2,1-4H3,(H,15,16)(H2,14,17,18). The van der Waals surface area contributed by atoms with Crippen molar-refractivity contribution in [2.75, 3.05) is 0 Å². The second kappa shape index (κ2) is 6.24. The van der Waals surface area contributed by atoms with Crippen LogP contribution in [0.5, 0.6) is 0 Å². The number of primary sulfonamides is 1. The number of rotatable bonds is 5. The molecule has 3 N–H and O–H groups in total. The zero-order chi connectivity index (χ0) is 15.6. The molecule has 114 valence electrons. The van der Waals surface area contributed by atoms with Crippen LogP contribution in [-0.4, -0.2) is 14.3 Å². The van der Waals surface area contributed by atoms with Gasteiger partial charge in [-0.25, -0.2) is 13.6 Å². The highest BCUT2D eigenvalue weighted by Crippen LogP contribution is 2.28. The molecule has 0 spiro atoms. The van der Waals surface area contributed by atoms with E-state index in [2.05, 4.69) is 26.1 Å². The van der Waals surface area contributed by atoms with Crippen LogP contribution >= 0.6 is 11.3 Å². The summed E-state index contributed by atoms with van der Waals surface area (Å²) in [5.41, 5.74) is 0.0844. The summed E-state index contributed by atoms with van der Waals surface area (Å²) >= 11 is 1.08. The maximum Gasteiger partial charge on any atom is 0.247 e. The molecule has 20 heavy (non-hydrogen) atoms. The molecule has 1 amide bonds. The number of hydrogen-bond acceptors (Lipinski definition) is 4. The van der Waals surface area contributed by atoms with Crippen LogP contribution < -0.4 is 10.5 Å². The Balaban J connectivity index is 2.52. The first kappa shape index (κ1) is 17.1. The van der Waals surface area contributed by atoms with Crippen LogP contribution in [0.4, 0.5) is 0 Å². The van der Waals surface area contributed by atoms with E-state index >= 15 is 0 Å². The first-order chi connectivity index (χ1) is 9.00. The topological polar surface area (TPSA) is 89.3 Å². The minimum Gasteiger partial charge on any atom is -0.351 e. The van der Waals surface area contributed by atoms with E-state index in [4.69, 9.17) is 5.14 Å². The second-order valence-electron chi connectivity index (χ2n) is 6.01. The Labute approximate surface area is 124 Å². The van der Waals surface area contributed by atoms with Crippen molar-refractivity contribution in [1.29, 1.82) is 0 Å². The van der Waals surface area contributed by atoms with E-state index in [1.807, 2.05) is 6.92 Å². The van der Waals surface area contributed by atoms with Crippen molar-refractivity contribution in [2.24, 2.45) is 16.5 Å². The molecule has 0 fully saturated rings. The summed E-state index contributed by atoms with van der Waals surface area (Å²) in [6, 6.07) is 3.12. The average Bonchev–Trinajstić information content (AvgIpc) is 2.73. The van der Waals surface area contributed by atoms with Crippen molar-refractivity contribution < 1.29 is 13.2 Å². The molecule has 0 saturated heterocycles. The Morgan fingerprint density at radius 1 is 1.40 bits per heavy atom. The average molecular weight is 318 g/mol. The van der Waals surface area contributed by atoms with E-state index in [9.17, 15) is 13.2 Å². The van der Waals surface area contributed by atoms with Gasteiger partial charge in [0.25, 0.3) is 0 Å². The van der Waals surface area contributed by atoms with Gasteiger partial charge in [0.15, 0.2) is 0 Å². The lowest BCUT2D eigenvalue weighted by molar-refractivity contribution is -0.122. The highest BCUT2D eigenvalue weighted by molar-refractivity contribution is 7.91. The van der Waals surface area contributed by atoms with Crippen molar-refractivity contribution >= 4 is 27.3 Å². The fourth-order valence-electron chi connectivity index (χ4n) is 1.45. The van der Waals surface area contributed by atoms with Crippen LogP contribution in [0.15, 0.2) is 16.3 Å². The van der Waals surface area contributed by atoms with Crippen LogP contribution in [0.1, 0.15) is 39.0 Å². The van der Waals surface area contributed by atoms with Gasteiger partial charge >= 0.3 is 0 Å². The molecule has 1 aromatic rings. The van der Waals surface area contributed by atoms with Crippen molar-refractivity contribution in [3.8, 4) is 0 Å². The van der Waals surface area contributed by atoms with Gasteiger partial charge in [0, 0.05) is 11.3 Å². The van der Waals surface area contributed by atoms with E-state index in [0.717, 1.165) is 16.2 Å². The molecule has 1 unspecified atom stereocenters. The SMILES string of the molecule is CC(CC(=O)NCc1ccc(S(N)(=O)=O)s1)C(C)(C)C. The van der Waals surface area contributed by atoms with Crippen LogP contribution in [0, 0.1) is 11.3 Å². The predicted octanol–water partition coefficient (Wildman–Crippen LogP) is 2.08. The maximum atomic E-state index is 11.8. The van der Waals surface area contributed by atoms with Gasteiger partial charge in [0.1, 0.15) is 4.21 Å². The Hall–Kier alpha value is -0.920. The van der Waals surface area contributed by atoms with Gasteiger partial charge < -0.3 is 5.32 Å². The van der Waals surface area contributed by atoms with E-state index < -0.39 is 10.0 Å². The number of hydrogen-bond donors (Lipinski definition) is 2. The van der Waals surface area contributed by atoms with Gasteiger partial charge in [-0.2, -0.15) is 0 Å². The number of nitrogens with two attached hydrogens (primary N) is 1. The lowest BCUT2D eigenvalue weighted by Crippen LogP contribution is -2.28. The van der Waals surface area contributed by atoms with Gasteiger partial charge in [0.05, 0.1) is 6.54 Å². The molecule has 0 saturated carbocycles. The van der Waals surface area contributed by atoms with Gasteiger partial charge in [0.2, 0.25) is 15.9 Å². The third kappa shape index (κ3) is 5.22. The van der Waals surface area contributed by atoms with E-state index in [0.29, 0.717) is 13.0 Å². The lowest BCUT2D eigenvalue weighted by Gasteiger charge is -2.26. The molecule has 1 atom stereocenters. The van der Waals surface area contributed by atoms with E-state index in [1.165, 1.54) is 6.07 Å². The number of thiophene rings is 1. The van der Waals surface area contributed by atoms with Gasteiger partial charge in [-0.05, 0) is 23.5 Å². The lowest BCUT2D eigenvalue weighted by atomic mass is 9.80. The highest BCUT2D eigenvalue weighted by atomic mass is 32.2. The number of nitrogens with one attached hydrogen (secondary N) is 1. The minimum absolute atomic E-state index is 0.0296. The molecule has 1 heterocycles. The Morgan fingerprint density at radius 3 is 2.45 bits per heavy atom. The largest absolute Gasteiger partial charge is 0.351 e. The van der Waals surface area contributed by atoms with Gasteiger partial charge in [-0.15, -0.1) is 11.3 Å². The number of carbonyl (C=O) groups is 1. The smallest absolute Gasteiger partial charge is 0.247 e. The second-order valence-corrected chi connectivity index (χ2v) is 8.97. The van der Waals surface area contributed by atoms with Crippen molar-refractivity contribution in [2.45, 2.75) is 44.9 Å². The van der Waals surface area contributed by atoms with E-state index in [-0.39, 0.29) is 21.4 Å². The zero-order valence-corrected chi connectivity index (χ0v) is 13.9. The summed E-state index contributed by atoms with van der Waals surface area (Å²) in [6.45, 7) is 8.67. The molecular weight excluding hydrogens is 296 g/mol. The van der Waals surface area contributed by atoms with Crippen molar-refractivity contribution in [3.05, 3.63) is 17.0 Å². The van der Waals surface area contributed by atoms with Gasteiger partial charge in [-0.3, -0.25) is 4.79 Å². The molecule has 0 radical (unpaired) electrons. The first-order valence-corrected chi connectivity index (χ1v) is 8.74. The third-order valence-corrected chi connectivity index (χ3v) is 5.87. The summed E-state index contributed by atoms with van der Waals surface area (Å²) in [5.74, 6) is 0.240. The summed E-state index contributed by atoms with van der Waals surface area (Å²) in [6.07, 6.45) is 0.455. The predicted molar refractivity (Wildman–Crippen MR) is 80.8 cm³/mol. The summed E-state index contributed by atoms with van der Waals surface area (Å²) in [7, 11) is -3.65. The van der Waals surface area contributed by atoms with Crippen LogP contribution in [0.3, 0.4) is 0 Å². The normalized spacial score (nSPS) is 14.1. The van der Waals surface area contributed by atoms with E-state index in [1.54, 1.807) is 6.07 Å². The molecule has 0 aliphatic carbocycles. The monoisotopic (exact) mass is 318 g/mol. The maximum absolute atomic E-state index is 11.8. The van der Waals surface area contributed by atoms with Crippen molar-refractivity contribution in [3.63, 3.8) is 0 Å². The number of amides is 1. The molecule has 0 aliphatic rings. The summed E-state index contributed by atoms with van der Waals surface area (Å²) < 4.78 is 22.4. The number of sulfonamides is 1. The Kier molecular flexibility index (Phi) is 5.34. The molecule has 7 heteroatoms. The van der Waals surface area contributed by atoms with Crippen molar-refractivity contribution in [1.82, 2.24) is 5.32 Å². The quantitative estimate of drug-likeness (QED) is 0.871. The molecule has 1 rings (SSSR count). The molecule has 0 bridgehead atoms. The molecule has 0 aromatic carbocycles. The molecular formula is C13H22N2O3S2. The first-order valence-electron chi connectivity index (χ1n) is 6.38. The fraction of sp³-hybridized carbons (Fsp3) is 0.615. The van der Waals surface area contributed by atoms with Crippen LogP contribution in [0.25, 0.3) is 0 Å². The Bertz CT molecular complexity index is 571. The number of carbonyl (C=O) groups excluding carboxylic acids is 1. The summed E-state index contributed by atoms with van der Waals surface area (Å²) in [4.78, 5) is 12.6. The molecule has 5 nitrogen and oxygen atoms in total. The highest BCUT2D eigenvalue weighted by Gasteiger charge is 2.22. The molecule has 0 aliphatic heterocycles. The molecule has 1 aromatic heterocycles. The van der Waals surface area contributed by atoms with Crippen LogP contribution in [0.2, 0.25) is 0 Å². The zero-order valence-electron chi connectivity index (χ0n) is 12.3. The fourth-order valence-corrected chi connectivity index (χ4v) is 3.17. The third-order valence-electron chi connectivity index (χ3n) is 3.35. The van der Waals surface area contributed by atoms with Gasteiger partial charge in [-0.1, -0.05) is 27.7 Å². The summed E-state index contributed by atoms with van der Waals surface area (Å²) in [5, 5.41) is 7.84.